The number of thiazole rings is 2. The molecule has 0 spiro atoms. The molecule has 2 aromatic heterocycles. The van der Waals surface area contributed by atoms with Gasteiger partial charge in [0.1, 0.15) is 61.2 Å². The topological polar surface area (TPSA) is 260 Å². The number of carbonyl (C=O) groups excluding carboxylic acids is 2. The predicted molar refractivity (Wildman–Crippen MR) is 383 cm³/mol. The zero-order valence-electron chi connectivity index (χ0n) is 53.6. The minimum atomic E-state index is -3.83. The summed E-state index contributed by atoms with van der Waals surface area (Å²) >= 11 is 14.6. The number of hydrogen-bond donors (Lipinski definition) is 6. The molecular formula is C73H71Cl2F6N9O6S4. The number of nitrogen functional groups attached to an aromatic ring is 1. The molecule has 0 radical (unpaired) electrons. The number of nitrogens with zero attached hydrogens (tertiary/aromatic N) is 3. The zero-order chi connectivity index (χ0) is 71.7. The highest BCUT2D eigenvalue weighted by Crippen LogP contribution is 2.39. The van der Waals surface area contributed by atoms with E-state index in [9.17, 15) is 52.8 Å². The summed E-state index contributed by atoms with van der Waals surface area (Å²) in [6, 6.07) is 50.5. The molecule has 3 saturated carbocycles. The van der Waals surface area contributed by atoms with Crippen molar-refractivity contribution in [2.75, 3.05) is 24.1 Å². The smallest absolute Gasteiger partial charge is 0.323 e. The van der Waals surface area contributed by atoms with Crippen molar-refractivity contribution in [3.05, 3.63) is 271 Å². The van der Waals surface area contributed by atoms with Crippen LogP contribution in [-0.4, -0.2) is 75.2 Å². The molecule has 27 heteroatoms. The second kappa shape index (κ2) is 35.3. The highest BCUT2D eigenvalue weighted by molar-refractivity contribution is 7.89. The molecule has 13 rings (SSSR count). The van der Waals surface area contributed by atoms with Crippen LogP contribution in [0.1, 0.15) is 109 Å². The van der Waals surface area contributed by atoms with Crippen LogP contribution in [0.5, 0.6) is 0 Å². The summed E-state index contributed by atoms with van der Waals surface area (Å²) in [7, 11) is -7.51. The third kappa shape index (κ3) is 23.1. The summed E-state index contributed by atoms with van der Waals surface area (Å²) in [4.78, 5) is 34.4. The van der Waals surface area contributed by atoms with E-state index in [1.165, 1.54) is 123 Å². The summed E-state index contributed by atoms with van der Waals surface area (Å²) in [5.41, 5.74) is 18.5. The fourth-order valence-electron chi connectivity index (χ4n) is 10.5. The number of aromatic nitrogens is 2. The number of aldehydes is 1. The van der Waals surface area contributed by atoms with Crippen LogP contribution in [-0.2, 0) is 24.8 Å². The van der Waals surface area contributed by atoms with E-state index in [2.05, 4.69) is 20.6 Å². The monoisotopic (exact) mass is 1480 g/mol. The van der Waals surface area contributed by atoms with Gasteiger partial charge in [-0.3, -0.25) is 5.32 Å². The van der Waals surface area contributed by atoms with Crippen molar-refractivity contribution >= 4 is 88.5 Å². The van der Waals surface area contributed by atoms with Gasteiger partial charge >= 0.3 is 6.03 Å². The third-order valence-electron chi connectivity index (χ3n) is 16.3. The Bertz CT molecular complexity index is 4410. The normalized spacial score (nSPS) is 13.4. The van der Waals surface area contributed by atoms with E-state index in [4.69, 9.17) is 44.9 Å². The SMILES string of the molecule is Fc1ccc(C(CCNC2CC2)c2ccc(F)cc2)cc1.NC1CC1.NS(=O)(=O)c1ccc(-c2nc(NC(=O)N(CCC(c3ccc(F)cc3)c3ccc(F)cc3)C3CC3)sc2Cl)cc1.Nc1nc(-c2ccc(S(N)(=O)=O)cc2)c(Cl)s1.O=CCC(c1ccc(F)cc1)c1ccc(F)cc1. The number of rotatable bonds is 21. The molecule has 15 nitrogen and oxygen atoms in total. The summed E-state index contributed by atoms with van der Waals surface area (Å²) in [5.74, 6) is -1.95. The number of urea groups is 1. The number of halogens is 8. The lowest BCUT2D eigenvalue weighted by atomic mass is 9.88. The molecule has 10 N–H and O–H groups in total. The second-order valence-electron chi connectivity index (χ2n) is 23.8. The van der Waals surface area contributed by atoms with E-state index in [1.807, 2.05) is 24.3 Å². The van der Waals surface area contributed by atoms with Crippen molar-refractivity contribution in [1.82, 2.24) is 20.2 Å². The Morgan fingerprint density at radius 3 is 1.16 bits per heavy atom. The highest BCUT2D eigenvalue weighted by Gasteiger charge is 2.34. The first-order chi connectivity index (χ1) is 47.8. The van der Waals surface area contributed by atoms with Crippen LogP contribution in [0.15, 0.2) is 204 Å². The lowest BCUT2D eigenvalue weighted by Crippen LogP contribution is -2.38. The van der Waals surface area contributed by atoms with Gasteiger partial charge < -0.3 is 26.5 Å². The Morgan fingerprint density at radius 2 is 0.850 bits per heavy atom. The summed E-state index contributed by atoms with van der Waals surface area (Å²) < 4.78 is 125. The molecule has 3 aliphatic carbocycles. The van der Waals surface area contributed by atoms with Gasteiger partial charge in [0.05, 0.1) is 9.79 Å². The van der Waals surface area contributed by atoms with Crippen LogP contribution < -0.4 is 32.4 Å². The van der Waals surface area contributed by atoms with Crippen molar-refractivity contribution in [3.63, 3.8) is 0 Å². The molecule has 0 aliphatic heterocycles. The first kappa shape index (κ1) is 75.9. The minimum Gasteiger partial charge on any atom is -0.375 e. The third-order valence-corrected chi connectivity index (χ3v) is 20.4. The number of amides is 2. The van der Waals surface area contributed by atoms with Crippen LogP contribution in [0.2, 0.25) is 8.67 Å². The Hall–Kier alpha value is -8.34. The van der Waals surface area contributed by atoms with Gasteiger partial charge in [-0.15, -0.1) is 0 Å². The van der Waals surface area contributed by atoms with Gasteiger partial charge in [-0.05, 0) is 188 Å². The van der Waals surface area contributed by atoms with Gasteiger partial charge in [0.2, 0.25) is 20.0 Å². The van der Waals surface area contributed by atoms with Gasteiger partial charge in [-0.1, -0.05) is 143 Å². The van der Waals surface area contributed by atoms with E-state index in [0.717, 1.165) is 88.1 Å². The predicted octanol–water partition coefficient (Wildman–Crippen LogP) is 16.3. The molecule has 2 amide bonds. The zero-order valence-corrected chi connectivity index (χ0v) is 58.3. The molecule has 3 fully saturated rings. The molecule has 524 valence electrons. The summed E-state index contributed by atoms with van der Waals surface area (Å²) in [6.45, 7) is 1.33. The molecule has 10 aromatic rings. The van der Waals surface area contributed by atoms with Gasteiger partial charge in [-0.25, -0.2) is 68.2 Å². The number of benzene rings is 8. The Morgan fingerprint density at radius 1 is 0.510 bits per heavy atom. The number of carbonyl (C=O) groups is 2. The van der Waals surface area contributed by atoms with Gasteiger partial charge in [0.25, 0.3) is 0 Å². The number of anilines is 2. The maximum Gasteiger partial charge on any atom is 0.323 e. The van der Waals surface area contributed by atoms with Crippen LogP contribution in [0.25, 0.3) is 22.5 Å². The van der Waals surface area contributed by atoms with Crippen LogP contribution in [0, 0.1) is 34.9 Å². The fraction of sp³-hybridized carbons (Fsp3) is 0.233. The van der Waals surface area contributed by atoms with Crippen LogP contribution in [0.4, 0.5) is 41.4 Å². The summed E-state index contributed by atoms with van der Waals surface area (Å²) in [5, 5.41) is 17.2. The maximum atomic E-state index is 13.6. The summed E-state index contributed by atoms with van der Waals surface area (Å²) in [6.07, 6.45) is 9.39. The van der Waals surface area contributed by atoms with E-state index in [1.54, 1.807) is 77.7 Å². The van der Waals surface area contributed by atoms with Crippen molar-refractivity contribution in [2.24, 2.45) is 16.0 Å². The molecule has 100 heavy (non-hydrogen) atoms. The average molecular weight is 1480 g/mol. The number of nitrogens with one attached hydrogen (secondary N) is 2. The van der Waals surface area contributed by atoms with Crippen molar-refractivity contribution in [2.45, 2.75) is 103 Å². The van der Waals surface area contributed by atoms with E-state index in [0.29, 0.717) is 66.5 Å². The molecule has 0 atom stereocenters. The van der Waals surface area contributed by atoms with Crippen molar-refractivity contribution in [1.29, 1.82) is 0 Å². The van der Waals surface area contributed by atoms with Crippen LogP contribution >= 0.6 is 45.9 Å². The lowest BCUT2D eigenvalue weighted by molar-refractivity contribution is -0.108. The van der Waals surface area contributed by atoms with E-state index >= 15 is 0 Å². The number of nitrogens with two attached hydrogens (primary N) is 4. The Labute approximate surface area is 594 Å². The molecule has 0 saturated heterocycles. The maximum absolute atomic E-state index is 13.6. The quantitative estimate of drug-likeness (QED) is 0.0291. The van der Waals surface area contributed by atoms with Gasteiger partial charge in [0.15, 0.2) is 10.3 Å². The number of sulfonamides is 2. The van der Waals surface area contributed by atoms with E-state index in [-0.39, 0.29) is 80.9 Å². The average Bonchev–Trinajstić information content (AvgIpc) is 1.67. The Kier molecular flexibility index (Phi) is 26.8. The van der Waals surface area contributed by atoms with Crippen molar-refractivity contribution in [3.8, 4) is 22.5 Å². The molecule has 2 heterocycles. The molecule has 8 aromatic carbocycles. The van der Waals surface area contributed by atoms with Crippen LogP contribution in [0.3, 0.4) is 0 Å². The number of primary sulfonamides is 2. The standard InChI is InChI=1S/C28H25ClF2N4O3S2.C18H19F2N.C15H12F2O.C9H8ClN3O2S2.C3H7N/c29-26-25(19-5-13-23(14-6-19)40(32,37)38)33-27(39-26)34-28(36)35(22-11-12-22)16-15-24(17-1-7-20(30)8-2-17)18-3-9-21(31)10-4-18;19-15-5-1-13(2-6-15)18(11-12-21-17-9-10-17)14-3-7-16(20)8-4-14;16-13-5-1-11(2-6-13)15(9-10-18)12-3-7-14(17)8-4-12;10-8-7(13-9(11)16-8)5-1-3-6(4-2-5)17(12,14)15;4-3-1-2-3/h1-10,13-14,22,24H,11-12,15-16H2,(H2,32,37,38)(H,33,34,36);1-8,17-18,21H,9-12H2;1-8,10,15H,9H2;1-4H,(H2,11,13)(H2,12,14,15);3H,1-2,4H2. The lowest BCUT2D eigenvalue weighted by Gasteiger charge is -2.26. The fourth-order valence-corrected chi connectivity index (χ4v) is 13.6. The first-order valence-corrected chi connectivity index (χ1v) is 37.1. The first-order valence-electron chi connectivity index (χ1n) is 31.7. The van der Waals surface area contributed by atoms with Gasteiger partial charge in [0, 0.05) is 60.0 Å². The van der Waals surface area contributed by atoms with Crippen molar-refractivity contribution < 1.29 is 52.8 Å². The molecule has 3 aliphatic rings. The number of hydrogen-bond acceptors (Lipinski definition) is 13. The Balaban J connectivity index is 0.000000164. The van der Waals surface area contributed by atoms with Gasteiger partial charge in [-0.2, -0.15) is 0 Å². The highest BCUT2D eigenvalue weighted by atomic mass is 35.5. The molecule has 0 unspecified atom stereocenters. The molecular weight excluding hydrogens is 1410 g/mol. The molecule has 0 bridgehead atoms. The van der Waals surface area contributed by atoms with E-state index < -0.39 is 20.0 Å². The minimum absolute atomic E-state index is 0.0317. The largest absolute Gasteiger partial charge is 0.375 e. The second-order valence-corrected chi connectivity index (χ2v) is 30.2.